The fourth-order valence-electron chi connectivity index (χ4n) is 2.08. The number of phenolic OH excluding ortho intramolecular Hbond substituents is 1. The fraction of sp³-hybridized carbons (Fsp3) is 0.462. The topological polar surface area (TPSA) is 61.8 Å². The van der Waals surface area contributed by atoms with E-state index in [1.54, 1.807) is 17.0 Å². The second-order valence-corrected chi connectivity index (χ2v) is 4.49. The van der Waals surface area contributed by atoms with Gasteiger partial charge in [0.1, 0.15) is 0 Å². The summed E-state index contributed by atoms with van der Waals surface area (Å²) < 4.78 is 5.04. The van der Waals surface area contributed by atoms with Crippen LogP contribution in [0.2, 0.25) is 0 Å². The number of aromatic hydroxyl groups is 1. The number of benzene rings is 1. The number of nitrogens with zero attached hydrogens (tertiary/aromatic N) is 1. The van der Waals surface area contributed by atoms with Gasteiger partial charge in [-0.2, -0.15) is 0 Å². The molecule has 1 fully saturated rings. The van der Waals surface area contributed by atoms with Gasteiger partial charge in [-0.15, -0.1) is 0 Å². The standard InChI is InChI=1S/C13H18N2O3/c1-15-6-5-10(13(15)17)14-8-9-3-4-11(16)12(7-9)18-2/h3-4,7,10,14,16H,5-6,8H2,1-2H3. The summed E-state index contributed by atoms with van der Waals surface area (Å²) in [6.07, 6.45) is 0.838. The van der Waals surface area contributed by atoms with Gasteiger partial charge < -0.3 is 20.1 Å². The summed E-state index contributed by atoms with van der Waals surface area (Å²) in [4.78, 5) is 13.4. The lowest BCUT2D eigenvalue weighted by atomic mass is 10.1. The predicted octanol–water partition coefficient (Wildman–Crippen LogP) is 0.721. The number of phenols is 1. The number of methoxy groups -OCH3 is 1. The van der Waals surface area contributed by atoms with Crippen LogP contribution in [0.15, 0.2) is 18.2 Å². The lowest BCUT2D eigenvalue weighted by molar-refractivity contribution is -0.128. The molecule has 1 aromatic rings. The average Bonchev–Trinajstić information content (AvgIpc) is 2.69. The molecular weight excluding hydrogens is 232 g/mol. The van der Waals surface area contributed by atoms with Crippen LogP contribution < -0.4 is 10.1 Å². The van der Waals surface area contributed by atoms with Crippen molar-refractivity contribution >= 4 is 5.91 Å². The molecule has 2 N–H and O–H groups in total. The minimum Gasteiger partial charge on any atom is -0.504 e. The number of nitrogens with one attached hydrogen (secondary N) is 1. The van der Waals surface area contributed by atoms with Crippen molar-refractivity contribution in [3.05, 3.63) is 23.8 Å². The molecule has 1 atom stereocenters. The number of hydrogen-bond acceptors (Lipinski definition) is 4. The van der Waals surface area contributed by atoms with Crippen LogP contribution in [0.1, 0.15) is 12.0 Å². The zero-order valence-corrected chi connectivity index (χ0v) is 10.6. The maximum atomic E-state index is 11.7. The molecule has 0 spiro atoms. The van der Waals surface area contributed by atoms with Gasteiger partial charge in [-0.05, 0) is 24.1 Å². The zero-order valence-electron chi connectivity index (χ0n) is 10.6. The fourth-order valence-corrected chi connectivity index (χ4v) is 2.08. The second kappa shape index (κ2) is 5.27. The van der Waals surface area contributed by atoms with E-state index in [1.165, 1.54) is 7.11 Å². The third-order valence-corrected chi connectivity index (χ3v) is 3.22. The minimum atomic E-state index is -0.102. The van der Waals surface area contributed by atoms with Crippen molar-refractivity contribution in [1.29, 1.82) is 0 Å². The predicted molar refractivity (Wildman–Crippen MR) is 67.5 cm³/mol. The van der Waals surface area contributed by atoms with E-state index in [9.17, 15) is 9.90 Å². The molecule has 0 radical (unpaired) electrons. The van der Waals surface area contributed by atoms with Crippen LogP contribution >= 0.6 is 0 Å². The van der Waals surface area contributed by atoms with Gasteiger partial charge in [-0.3, -0.25) is 4.79 Å². The van der Waals surface area contributed by atoms with Crippen LogP contribution in [-0.2, 0) is 11.3 Å². The van der Waals surface area contributed by atoms with Crippen LogP contribution in [0.25, 0.3) is 0 Å². The first-order valence-corrected chi connectivity index (χ1v) is 5.96. The van der Waals surface area contributed by atoms with Gasteiger partial charge >= 0.3 is 0 Å². The number of likely N-dealkylation sites (tertiary alicyclic amines) is 1. The molecule has 5 nitrogen and oxygen atoms in total. The number of amides is 1. The number of ether oxygens (including phenoxy) is 1. The molecule has 1 amide bonds. The summed E-state index contributed by atoms with van der Waals surface area (Å²) in [6.45, 7) is 1.39. The Balaban J connectivity index is 1.96. The third kappa shape index (κ3) is 2.56. The van der Waals surface area contributed by atoms with Crippen molar-refractivity contribution in [2.75, 3.05) is 20.7 Å². The van der Waals surface area contributed by atoms with E-state index in [0.717, 1.165) is 18.5 Å². The number of rotatable bonds is 4. The van der Waals surface area contributed by atoms with Crippen LogP contribution in [-0.4, -0.2) is 42.7 Å². The van der Waals surface area contributed by atoms with Crippen LogP contribution in [0.3, 0.4) is 0 Å². The van der Waals surface area contributed by atoms with E-state index in [0.29, 0.717) is 12.3 Å². The van der Waals surface area contributed by atoms with Crippen molar-refractivity contribution in [2.45, 2.75) is 19.0 Å². The van der Waals surface area contributed by atoms with Crippen molar-refractivity contribution in [3.63, 3.8) is 0 Å². The molecule has 1 unspecified atom stereocenters. The number of carbonyl (C=O) groups excluding carboxylic acids is 1. The Morgan fingerprint density at radius 2 is 2.33 bits per heavy atom. The highest BCUT2D eigenvalue weighted by molar-refractivity contribution is 5.83. The van der Waals surface area contributed by atoms with E-state index in [2.05, 4.69) is 5.32 Å². The summed E-state index contributed by atoms with van der Waals surface area (Å²) in [7, 11) is 3.33. The first kappa shape index (κ1) is 12.7. The Labute approximate surface area is 106 Å². The summed E-state index contributed by atoms with van der Waals surface area (Å²) in [6, 6.07) is 5.08. The second-order valence-electron chi connectivity index (χ2n) is 4.49. The van der Waals surface area contributed by atoms with Gasteiger partial charge in [0.15, 0.2) is 11.5 Å². The van der Waals surface area contributed by atoms with Crippen molar-refractivity contribution in [3.8, 4) is 11.5 Å². The Bertz CT molecular complexity index is 448. The van der Waals surface area contributed by atoms with E-state index >= 15 is 0 Å². The highest BCUT2D eigenvalue weighted by Crippen LogP contribution is 2.26. The molecule has 1 saturated heterocycles. The average molecular weight is 250 g/mol. The SMILES string of the molecule is COc1cc(CNC2CCN(C)C2=O)ccc1O. The van der Waals surface area contributed by atoms with Gasteiger partial charge in [-0.1, -0.05) is 6.07 Å². The molecule has 98 valence electrons. The first-order valence-electron chi connectivity index (χ1n) is 5.96. The van der Waals surface area contributed by atoms with Gasteiger partial charge in [0, 0.05) is 20.1 Å². The maximum absolute atomic E-state index is 11.7. The molecule has 0 aliphatic carbocycles. The number of hydrogen-bond donors (Lipinski definition) is 2. The van der Waals surface area contributed by atoms with Crippen molar-refractivity contribution in [2.24, 2.45) is 0 Å². The lowest BCUT2D eigenvalue weighted by Crippen LogP contribution is -2.36. The summed E-state index contributed by atoms with van der Waals surface area (Å²) in [5, 5.41) is 12.7. The summed E-state index contributed by atoms with van der Waals surface area (Å²) in [5.74, 6) is 0.711. The molecular formula is C13H18N2O3. The molecule has 2 rings (SSSR count). The molecule has 18 heavy (non-hydrogen) atoms. The molecule has 5 heteroatoms. The normalized spacial score (nSPS) is 19.3. The highest BCUT2D eigenvalue weighted by Gasteiger charge is 2.28. The molecule has 0 bridgehead atoms. The monoisotopic (exact) mass is 250 g/mol. The largest absolute Gasteiger partial charge is 0.504 e. The van der Waals surface area contributed by atoms with Gasteiger partial charge in [0.25, 0.3) is 0 Å². The Kier molecular flexibility index (Phi) is 3.72. The summed E-state index contributed by atoms with van der Waals surface area (Å²) >= 11 is 0. The van der Waals surface area contributed by atoms with Crippen LogP contribution in [0.5, 0.6) is 11.5 Å². The lowest BCUT2D eigenvalue weighted by Gasteiger charge is -2.13. The zero-order chi connectivity index (χ0) is 13.1. The Morgan fingerprint density at radius 3 is 2.94 bits per heavy atom. The number of likely N-dealkylation sites (N-methyl/N-ethyl adjacent to an activating group) is 1. The molecule has 1 aromatic carbocycles. The molecule has 1 heterocycles. The highest BCUT2D eigenvalue weighted by atomic mass is 16.5. The van der Waals surface area contributed by atoms with Crippen molar-refractivity contribution < 1.29 is 14.6 Å². The Hall–Kier alpha value is -1.75. The van der Waals surface area contributed by atoms with Crippen LogP contribution in [0.4, 0.5) is 0 Å². The van der Waals surface area contributed by atoms with Crippen LogP contribution in [0, 0.1) is 0 Å². The molecule has 0 aromatic heterocycles. The van der Waals surface area contributed by atoms with E-state index in [4.69, 9.17) is 4.74 Å². The molecule has 1 aliphatic heterocycles. The van der Waals surface area contributed by atoms with E-state index in [1.807, 2.05) is 13.1 Å². The van der Waals surface area contributed by atoms with Gasteiger partial charge in [0.2, 0.25) is 5.91 Å². The minimum absolute atomic E-state index is 0.102. The smallest absolute Gasteiger partial charge is 0.239 e. The first-order chi connectivity index (χ1) is 8.61. The summed E-state index contributed by atoms with van der Waals surface area (Å²) in [5.41, 5.74) is 0.979. The van der Waals surface area contributed by atoms with Gasteiger partial charge in [0.05, 0.1) is 13.2 Å². The Morgan fingerprint density at radius 1 is 1.56 bits per heavy atom. The van der Waals surface area contributed by atoms with Crippen molar-refractivity contribution in [1.82, 2.24) is 10.2 Å². The number of carbonyl (C=O) groups is 1. The van der Waals surface area contributed by atoms with E-state index < -0.39 is 0 Å². The molecule has 1 aliphatic rings. The van der Waals surface area contributed by atoms with Gasteiger partial charge in [-0.25, -0.2) is 0 Å². The maximum Gasteiger partial charge on any atom is 0.239 e. The quantitative estimate of drug-likeness (QED) is 0.826. The third-order valence-electron chi connectivity index (χ3n) is 3.22. The van der Waals surface area contributed by atoms with E-state index in [-0.39, 0.29) is 17.7 Å². The molecule has 0 saturated carbocycles.